The van der Waals surface area contributed by atoms with Crippen LogP contribution in [-0.2, 0) is 0 Å². The highest BCUT2D eigenvalue weighted by atomic mass is 32.2. The Morgan fingerprint density at radius 1 is 1.05 bits per heavy atom. The Morgan fingerprint density at radius 3 is 2.62 bits per heavy atom. The van der Waals surface area contributed by atoms with Gasteiger partial charge in [-0.15, -0.1) is 0 Å². The summed E-state index contributed by atoms with van der Waals surface area (Å²) in [7, 11) is 0. The molecule has 0 aliphatic carbocycles. The smallest absolute Gasteiger partial charge is 0.166 e. The third-order valence-corrected chi connectivity index (χ3v) is 4.21. The SMILES string of the molecule is O=C(CCCSc1nc2ccccc2[nH]1)c1ccccc1. The van der Waals surface area contributed by atoms with Gasteiger partial charge in [-0.05, 0) is 18.6 Å². The molecule has 0 aliphatic rings. The molecular formula is C17H16N2OS. The Hall–Kier alpha value is -2.07. The number of nitrogens with zero attached hydrogens (tertiary/aromatic N) is 1. The number of nitrogens with one attached hydrogen (secondary N) is 1. The van der Waals surface area contributed by atoms with E-state index in [0.29, 0.717) is 6.42 Å². The summed E-state index contributed by atoms with van der Waals surface area (Å²) in [6, 6.07) is 17.5. The van der Waals surface area contributed by atoms with Gasteiger partial charge < -0.3 is 4.98 Å². The van der Waals surface area contributed by atoms with E-state index >= 15 is 0 Å². The molecule has 0 saturated heterocycles. The maximum absolute atomic E-state index is 12.0. The van der Waals surface area contributed by atoms with Crippen molar-refractivity contribution in [3.63, 3.8) is 0 Å². The lowest BCUT2D eigenvalue weighted by Crippen LogP contribution is -1.99. The van der Waals surface area contributed by atoms with Gasteiger partial charge in [0.05, 0.1) is 11.0 Å². The molecule has 0 amide bonds. The second-order valence-electron chi connectivity index (χ2n) is 4.80. The molecular weight excluding hydrogens is 280 g/mol. The summed E-state index contributed by atoms with van der Waals surface area (Å²) < 4.78 is 0. The molecule has 0 radical (unpaired) electrons. The maximum Gasteiger partial charge on any atom is 0.166 e. The normalized spacial score (nSPS) is 10.9. The highest BCUT2D eigenvalue weighted by molar-refractivity contribution is 7.99. The molecule has 4 heteroatoms. The summed E-state index contributed by atoms with van der Waals surface area (Å²) in [6.45, 7) is 0. The predicted octanol–water partition coefficient (Wildman–Crippen LogP) is 4.32. The molecule has 0 aliphatic heterocycles. The number of H-pyrrole nitrogens is 1. The van der Waals surface area contributed by atoms with Crippen molar-refractivity contribution < 1.29 is 4.79 Å². The van der Waals surface area contributed by atoms with E-state index in [2.05, 4.69) is 9.97 Å². The van der Waals surface area contributed by atoms with E-state index in [1.165, 1.54) is 0 Å². The zero-order valence-corrected chi connectivity index (χ0v) is 12.4. The first-order valence-corrected chi connectivity index (χ1v) is 7.97. The topological polar surface area (TPSA) is 45.8 Å². The van der Waals surface area contributed by atoms with Crippen molar-refractivity contribution in [1.82, 2.24) is 9.97 Å². The van der Waals surface area contributed by atoms with Crippen LogP contribution in [0.3, 0.4) is 0 Å². The number of fused-ring (bicyclic) bond motifs is 1. The number of carbonyl (C=O) groups excluding carboxylic acids is 1. The van der Waals surface area contributed by atoms with Crippen LogP contribution in [-0.4, -0.2) is 21.5 Å². The number of aromatic nitrogens is 2. The van der Waals surface area contributed by atoms with Gasteiger partial charge in [-0.2, -0.15) is 0 Å². The van der Waals surface area contributed by atoms with Crippen LogP contribution < -0.4 is 0 Å². The summed E-state index contributed by atoms with van der Waals surface area (Å²) >= 11 is 1.66. The van der Waals surface area contributed by atoms with Crippen LogP contribution in [0.1, 0.15) is 23.2 Å². The quantitative estimate of drug-likeness (QED) is 0.418. The number of aromatic amines is 1. The first-order chi connectivity index (χ1) is 10.3. The molecule has 0 saturated carbocycles. The van der Waals surface area contributed by atoms with Gasteiger partial charge in [-0.1, -0.05) is 54.2 Å². The van der Waals surface area contributed by atoms with E-state index in [9.17, 15) is 4.79 Å². The van der Waals surface area contributed by atoms with E-state index in [1.807, 2.05) is 54.6 Å². The standard InChI is InChI=1S/C17H16N2OS/c20-16(13-7-2-1-3-8-13)11-6-12-21-17-18-14-9-4-5-10-15(14)19-17/h1-5,7-10H,6,11-12H2,(H,18,19). The van der Waals surface area contributed by atoms with Gasteiger partial charge in [0.25, 0.3) is 0 Å². The average Bonchev–Trinajstić information content (AvgIpc) is 2.95. The van der Waals surface area contributed by atoms with Gasteiger partial charge in [0.15, 0.2) is 10.9 Å². The molecule has 3 rings (SSSR count). The minimum Gasteiger partial charge on any atom is -0.333 e. The lowest BCUT2D eigenvalue weighted by molar-refractivity contribution is 0.0982. The number of carbonyl (C=O) groups is 1. The molecule has 1 heterocycles. The van der Waals surface area contributed by atoms with Crippen LogP contribution in [0.2, 0.25) is 0 Å². The van der Waals surface area contributed by atoms with Crippen molar-refractivity contribution in [2.45, 2.75) is 18.0 Å². The number of para-hydroxylation sites is 2. The summed E-state index contributed by atoms with van der Waals surface area (Å²) in [5.41, 5.74) is 2.84. The van der Waals surface area contributed by atoms with Gasteiger partial charge in [-0.25, -0.2) is 4.98 Å². The first kappa shape index (κ1) is 13.9. The summed E-state index contributed by atoms with van der Waals surface area (Å²) in [5.74, 6) is 1.10. The highest BCUT2D eigenvalue weighted by Crippen LogP contribution is 2.20. The lowest BCUT2D eigenvalue weighted by atomic mass is 10.1. The molecule has 106 valence electrons. The molecule has 1 aromatic heterocycles. The fourth-order valence-electron chi connectivity index (χ4n) is 2.17. The van der Waals surface area contributed by atoms with Crippen LogP contribution in [0.5, 0.6) is 0 Å². The van der Waals surface area contributed by atoms with Gasteiger partial charge in [-0.3, -0.25) is 4.79 Å². The number of imidazole rings is 1. The van der Waals surface area contributed by atoms with Crippen LogP contribution in [0, 0.1) is 0 Å². The number of Topliss-reactive ketones (excluding diaryl/α,β-unsaturated/α-hetero) is 1. The van der Waals surface area contributed by atoms with E-state index in [4.69, 9.17) is 0 Å². The molecule has 21 heavy (non-hydrogen) atoms. The average molecular weight is 296 g/mol. The molecule has 1 N–H and O–H groups in total. The zero-order valence-electron chi connectivity index (χ0n) is 11.6. The molecule has 2 aromatic carbocycles. The number of benzene rings is 2. The Morgan fingerprint density at radius 2 is 1.81 bits per heavy atom. The van der Waals surface area contributed by atoms with Crippen molar-refractivity contribution in [1.29, 1.82) is 0 Å². The number of hydrogen-bond acceptors (Lipinski definition) is 3. The van der Waals surface area contributed by atoms with Gasteiger partial charge in [0.1, 0.15) is 0 Å². The fraction of sp³-hybridized carbons (Fsp3) is 0.176. The Balaban J connectivity index is 1.49. The molecule has 0 atom stereocenters. The molecule has 3 aromatic rings. The molecule has 0 spiro atoms. The Labute approximate surface area is 127 Å². The molecule has 0 unspecified atom stereocenters. The predicted molar refractivity (Wildman–Crippen MR) is 86.8 cm³/mol. The first-order valence-electron chi connectivity index (χ1n) is 6.99. The second-order valence-corrected chi connectivity index (χ2v) is 5.88. The lowest BCUT2D eigenvalue weighted by Gasteiger charge is -2.00. The van der Waals surface area contributed by atoms with Crippen molar-refractivity contribution in [3.05, 3.63) is 60.2 Å². The minimum atomic E-state index is 0.209. The van der Waals surface area contributed by atoms with Crippen LogP contribution in [0.15, 0.2) is 59.8 Å². The third-order valence-electron chi connectivity index (χ3n) is 3.25. The second kappa shape index (κ2) is 6.59. The number of thioether (sulfide) groups is 1. The van der Waals surface area contributed by atoms with Gasteiger partial charge >= 0.3 is 0 Å². The summed E-state index contributed by atoms with van der Waals surface area (Å²) in [4.78, 5) is 19.8. The Bertz CT molecular complexity index is 704. The Kier molecular flexibility index (Phi) is 4.36. The largest absolute Gasteiger partial charge is 0.333 e. The van der Waals surface area contributed by atoms with Gasteiger partial charge in [0.2, 0.25) is 0 Å². The van der Waals surface area contributed by atoms with E-state index in [-0.39, 0.29) is 5.78 Å². The monoisotopic (exact) mass is 296 g/mol. The molecule has 0 bridgehead atoms. The van der Waals surface area contributed by atoms with Crippen molar-refractivity contribution in [2.75, 3.05) is 5.75 Å². The van der Waals surface area contributed by atoms with Crippen molar-refractivity contribution >= 4 is 28.6 Å². The summed E-state index contributed by atoms with van der Waals surface area (Å²) in [6.07, 6.45) is 1.44. The van der Waals surface area contributed by atoms with E-state index in [1.54, 1.807) is 11.8 Å². The number of ketones is 1. The van der Waals surface area contributed by atoms with Crippen molar-refractivity contribution in [2.24, 2.45) is 0 Å². The number of hydrogen-bond donors (Lipinski definition) is 1. The fourth-order valence-corrected chi connectivity index (χ4v) is 2.99. The van der Waals surface area contributed by atoms with Gasteiger partial charge in [0, 0.05) is 17.7 Å². The van der Waals surface area contributed by atoms with Crippen LogP contribution in [0.4, 0.5) is 0 Å². The maximum atomic E-state index is 12.0. The minimum absolute atomic E-state index is 0.209. The zero-order chi connectivity index (χ0) is 14.5. The summed E-state index contributed by atoms with van der Waals surface area (Å²) in [5, 5.41) is 0.920. The van der Waals surface area contributed by atoms with Crippen LogP contribution >= 0.6 is 11.8 Å². The van der Waals surface area contributed by atoms with E-state index in [0.717, 1.165) is 33.9 Å². The van der Waals surface area contributed by atoms with Crippen LogP contribution in [0.25, 0.3) is 11.0 Å². The van der Waals surface area contributed by atoms with E-state index < -0.39 is 0 Å². The van der Waals surface area contributed by atoms with Crippen molar-refractivity contribution in [3.8, 4) is 0 Å². The highest BCUT2D eigenvalue weighted by Gasteiger charge is 2.06. The third kappa shape index (κ3) is 3.52. The molecule has 0 fully saturated rings. The number of rotatable bonds is 6. The molecule has 3 nitrogen and oxygen atoms in total.